The lowest BCUT2D eigenvalue weighted by Crippen LogP contribution is -2.34. The Morgan fingerprint density at radius 3 is 2.89 bits per heavy atom. The van der Waals surface area contributed by atoms with E-state index in [1.165, 1.54) is 0 Å². The molecule has 0 saturated carbocycles. The van der Waals surface area contributed by atoms with Crippen molar-refractivity contribution >= 4 is 16.8 Å². The number of aryl methyl sites for hydroxylation is 1. The van der Waals surface area contributed by atoms with Gasteiger partial charge in [-0.1, -0.05) is 0 Å². The molecule has 7 heteroatoms. The number of hydrogen-bond acceptors (Lipinski definition) is 7. The molecule has 7 nitrogen and oxygen atoms in total. The fourth-order valence-corrected chi connectivity index (χ4v) is 3.46. The van der Waals surface area contributed by atoms with Gasteiger partial charge in [0.25, 0.3) is 5.88 Å². The average molecular weight is 387 g/mol. The molecule has 0 N–H and O–H groups in total. The number of fused-ring (bicyclic) bond motifs is 1. The van der Waals surface area contributed by atoms with Gasteiger partial charge in [0.1, 0.15) is 5.75 Å². The molecule has 1 saturated heterocycles. The smallest absolute Gasteiger partial charge is 0.262 e. The average Bonchev–Trinajstić information content (AvgIpc) is 3.15. The zero-order chi connectivity index (χ0) is 23.6. The van der Waals surface area contributed by atoms with Gasteiger partial charge < -0.3 is 18.9 Å². The molecule has 0 spiro atoms. The standard InChI is InChI=1S/C21H26N4O3/c1-3-26-21-18-6-5-17(14-19(18)28-24-21)27-13-10-16-8-11-25(12-9-16)20-7-4-15(2)22-23-20/h4-7,14,16H,3,8-13H2,1-2H3/i1D3,3D2. The SMILES string of the molecule is [2H]C([2H])([2H])C([2H])([2H])Oc1noc2cc(OCCC3CCN(c4ccc(C)nn4)CC3)ccc12. The van der Waals surface area contributed by atoms with Crippen molar-refractivity contribution in [3.05, 3.63) is 36.0 Å². The lowest BCUT2D eigenvalue weighted by Gasteiger charge is -2.32. The van der Waals surface area contributed by atoms with E-state index in [0.717, 1.165) is 43.9 Å². The predicted octanol–water partition coefficient (Wildman–Crippen LogP) is 4.01. The lowest BCUT2D eigenvalue weighted by atomic mass is 9.94. The van der Waals surface area contributed by atoms with E-state index in [1.54, 1.807) is 18.2 Å². The number of piperidine rings is 1. The van der Waals surface area contributed by atoms with Crippen molar-refractivity contribution < 1.29 is 20.9 Å². The topological polar surface area (TPSA) is 73.5 Å². The molecule has 4 rings (SSSR count). The summed E-state index contributed by atoms with van der Waals surface area (Å²) in [6.07, 6.45) is 3.05. The van der Waals surface area contributed by atoms with Crippen molar-refractivity contribution in [2.75, 3.05) is 31.2 Å². The normalized spacial score (nSPS) is 18.8. The van der Waals surface area contributed by atoms with Gasteiger partial charge in [0.05, 0.1) is 27.0 Å². The number of nitrogens with zero attached hydrogens (tertiary/aromatic N) is 4. The van der Waals surface area contributed by atoms with Crippen molar-refractivity contribution in [2.24, 2.45) is 5.92 Å². The number of ether oxygens (including phenoxy) is 2. The summed E-state index contributed by atoms with van der Waals surface area (Å²) in [5.41, 5.74) is 1.24. The molecule has 1 aliphatic heterocycles. The van der Waals surface area contributed by atoms with Gasteiger partial charge in [-0.15, -0.1) is 5.10 Å². The largest absolute Gasteiger partial charge is 0.493 e. The molecule has 148 valence electrons. The third-order valence-corrected chi connectivity index (χ3v) is 5.08. The molecule has 3 heterocycles. The van der Waals surface area contributed by atoms with E-state index in [-0.39, 0.29) is 5.88 Å². The van der Waals surface area contributed by atoms with Gasteiger partial charge in [-0.05, 0) is 68.4 Å². The monoisotopic (exact) mass is 387 g/mol. The Balaban J connectivity index is 1.27. The van der Waals surface area contributed by atoms with E-state index in [9.17, 15) is 0 Å². The summed E-state index contributed by atoms with van der Waals surface area (Å²) in [5, 5.41) is 12.4. The van der Waals surface area contributed by atoms with E-state index in [1.807, 2.05) is 19.1 Å². The molecule has 3 aromatic rings. The number of rotatable bonds is 7. The van der Waals surface area contributed by atoms with Crippen LogP contribution in [-0.4, -0.2) is 41.6 Å². The molecular formula is C21H26N4O3. The van der Waals surface area contributed by atoms with Crippen molar-refractivity contribution in [2.45, 2.75) is 33.0 Å². The van der Waals surface area contributed by atoms with Crippen LogP contribution in [0.5, 0.6) is 11.6 Å². The van der Waals surface area contributed by atoms with Crippen LogP contribution in [0.15, 0.2) is 34.9 Å². The number of anilines is 1. The molecule has 0 bridgehead atoms. The van der Waals surface area contributed by atoms with Crippen molar-refractivity contribution in [3.8, 4) is 11.6 Å². The van der Waals surface area contributed by atoms with E-state index >= 15 is 0 Å². The first-order valence-corrected chi connectivity index (χ1v) is 9.39. The molecule has 1 aromatic carbocycles. The van der Waals surface area contributed by atoms with Gasteiger partial charge in [-0.2, -0.15) is 5.10 Å². The van der Waals surface area contributed by atoms with Crippen LogP contribution in [0, 0.1) is 12.8 Å². The molecule has 0 radical (unpaired) electrons. The highest BCUT2D eigenvalue weighted by Gasteiger charge is 2.20. The van der Waals surface area contributed by atoms with Crippen LogP contribution in [0.1, 0.15) is 38.7 Å². The third kappa shape index (κ3) is 4.18. The van der Waals surface area contributed by atoms with Crippen LogP contribution >= 0.6 is 0 Å². The highest BCUT2D eigenvalue weighted by molar-refractivity contribution is 5.83. The van der Waals surface area contributed by atoms with Crippen LogP contribution in [0.25, 0.3) is 11.0 Å². The Hall–Kier alpha value is -2.83. The summed E-state index contributed by atoms with van der Waals surface area (Å²) in [6.45, 7) is -1.47. The highest BCUT2D eigenvalue weighted by Crippen LogP contribution is 2.29. The van der Waals surface area contributed by atoms with Crippen molar-refractivity contribution in [3.63, 3.8) is 0 Å². The molecule has 0 aliphatic carbocycles. The van der Waals surface area contributed by atoms with Crippen LogP contribution in [-0.2, 0) is 0 Å². The summed E-state index contributed by atoms with van der Waals surface area (Å²) in [6, 6.07) is 8.95. The van der Waals surface area contributed by atoms with Gasteiger partial charge in [0, 0.05) is 23.3 Å². The number of benzene rings is 1. The molecule has 0 unspecified atom stereocenters. The summed E-state index contributed by atoms with van der Waals surface area (Å²) in [7, 11) is 0. The maximum absolute atomic E-state index is 7.60. The maximum atomic E-state index is 7.60. The summed E-state index contributed by atoms with van der Waals surface area (Å²) in [5.74, 6) is 1.88. The third-order valence-electron chi connectivity index (χ3n) is 5.08. The van der Waals surface area contributed by atoms with Crippen LogP contribution in [0.2, 0.25) is 0 Å². The second-order valence-corrected chi connectivity index (χ2v) is 6.95. The van der Waals surface area contributed by atoms with Gasteiger partial charge in [0.15, 0.2) is 11.4 Å². The summed E-state index contributed by atoms with van der Waals surface area (Å²) in [4.78, 5) is 2.26. The first kappa shape index (κ1) is 13.4. The van der Waals surface area contributed by atoms with Gasteiger partial charge in [-0.25, -0.2) is 0 Å². The van der Waals surface area contributed by atoms with Crippen molar-refractivity contribution in [1.82, 2.24) is 15.4 Å². The Labute approximate surface area is 171 Å². The van der Waals surface area contributed by atoms with Crippen LogP contribution < -0.4 is 14.4 Å². The predicted molar refractivity (Wildman–Crippen MR) is 107 cm³/mol. The van der Waals surface area contributed by atoms with Crippen molar-refractivity contribution in [1.29, 1.82) is 0 Å². The fraction of sp³-hybridized carbons (Fsp3) is 0.476. The molecule has 1 fully saturated rings. The summed E-state index contributed by atoms with van der Waals surface area (Å²) >= 11 is 0. The number of hydrogen-bond donors (Lipinski definition) is 0. The van der Waals surface area contributed by atoms with Gasteiger partial charge in [0.2, 0.25) is 0 Å². The second-order valence-electron chi connectivity index (χ2n) is 6.95. The minimum absolute atomic E-state index is 0.206. The van der Waals surface area contributed by atoms with E-state index < -0.39 is 13.4 Å². The second kappa shape index (κ2) is 8.46. The number of aromatic nitrogens is 3. The quantitative estimate of drug-likeness (QED) is 0.606. The van der Waals surface area contributed by atoms with E-state index in [4.69, 9.17) is 20.9 Å². The minimum atomic E-state index is -2.95. The Morgan fingerprint density at radius 1 is 1.21 bits per heavy atom. The molecule has 0 amide bonds. The van der Waals surface area contributed by atoms with E-state index in [0.29, 0.717) is 29.2 Å². The molecule has 28 heavy (non-hydrogen) atoms. The first-order valence-electron chi connectivity index (χ1n) is 11.9. The van der Waals surface area contributed by atoms with Gasteiger partial charge >= 0.3 is 0 Å². The minimum Gasteiger partial charge on any atom is -0.493 e. The van der Waals surface area contributed by atoms with Crippen LogP contribution in [0.3, 0.4) is 0 Å². The molecule has 0 atom stereocenters. The Bertz CT molecular complexity index is 1080. The maximum Gasteiger partial charge on any atom is 0.262 e. The van der Waals surface area contributed by atoms with Crippen LogP contribution in [0.4, 0.5) is 5.82 Å². The molecule has 1 aliphatic rings. The fourth-order valence-electron chi connectivity index (χ4n) is 3.46. The molecule has 2 aromatic heterocycles. The Morgan fingerprint density at radius 2 is 2.11 bits per heavy atom. The summed E-state index contributed by atoms with van der Waals surface area (Å²) < 4.78 is 53.0. The zero-order valence-corrected chi connectivity index (χ0v) is 15.7. The highest BCUT2D eigenvalue weighted by atomic mass is 16.5. The zero-order valence-electron chi connectivity index (χ0n) is 20.7. The first-order chi connectivity index (χ1) is 15.6. The lowest BCUT2D eigenvalue weighted by molar-refractivity contribution is 0.258. The van der Waals surface area contributed by atoms with Gasteiger partial charge in [-0.3, -0.25) is 0 Å². The Kier molecular flexibility index (Phi) is 4.04. The van der Waals surface area contributed by atoms with E-state index in [2.05, 4.69) is 20.3 Å². The molecular weight excluding hydrogens is 356 g/mol.